The Kier molecular flexibility index (Phi) is 5.01. The quantitative estimate of drug-likeness (QED) is 0.623. The van der Waals surface area contributed by atoms with E-state index >= 15 is 0 Å². The van der Waals surface area contributed by atoms with Crippen LogP contribution in [0.2, 0.25) is 0 Å². The predicted molar refractivity (Wildman–Crippen MR) is 110 cm³/mol. The summed E-state index contributed by atoms with van der Waals surface area (Å²) in [6.07, 6.45) is 3.34. The monoisotopic (exact) mass is 409 g/mol. The van der Waals surface area contributed by atoms with Crippen LogP contribution in [0.25, 0.3) is 11.1 Å². The molecular weight excluding hydrogens is 385 g/mol. The Hall–Kier alpha value is -3.29. The van der Waals surface area contributed by atoms with Crippen LogP contribution < -0.4 is 4.74 Å². The van der Waals surface area contributed by atoms with E-state index in [1.54, 1.807) is 9.58 Å². The predicted octanol–water partition coefficient (Wildman–Crippen LogP) is 3.47. The fourth-order valence-corrected chi connectivity index (χ4v) is 3.52. The summed E-state index contributed by atoms with van der Waals surface area (Å²) in [5, 5.41) is 4.38. The number of amides is 1. The highest BCUT2D eigenvalue weighted by atomic mass is 19.1. The van der Waals surface area contributed by atoms with Gasteiger partial charge >= 0.3 is 0 Å². The molecule has 0 atom stereocenters. The van der Waals surface area contributed by atoms with E-state index in [0.717, 1.165) is 22.4 Å². The first kappa shape index (κ1) is 20.0. The number of alkyl halides is 1. The van der Waals surface area contributed by atoms with Gasteiger partial charge in [-0.25, -0.2) is 14.4 Å². The Morgan fingerprint density at radius 2 is 1.93 bits per heavy atom. The van der Waals surface area contributed by atoms with E-state index in [4.69, 9.17) is 4.74 Å². The lowest BCUT2D eigenvalue weighted by Crippen LogP contribution is -2.25. The number of carbonyl (C=O) groups is 1. The third kappa shape index (κ3) is 4.03. The number of aromatic nitrogens is 4. The second kappa shape index (κ2) is 7.51. The third-order valence-electron chi connectivity index (χ3n) is 4.94. The van der Waals surface area contributed by atoms with Crippen molar-refractivity contribution in [3.63, 3.8) is 0 Å². The van der Waals surface area contributed by atoms with Gasteiger partial charge in [0.15, 0.2) is 0 Å². The highest BCUT2D eigenvalue weighted by Gasteiger charge is 2.33. The Balaban J connectivity index is 1.49. The standard InChI is InChI=1S/C22H24FN5O2/c1-14-17(10-27(4)26-14)16-7-5-15(6-8-16)9-28-11-18-19(21(28)29)20(25-13-24-18)30-12-22(2,3)23/h5-8,10,13H,9,11-12H2,1-4H3. The van der Waals surface area contributed by atoms with Gasteiger partial charge in [0.1, 0.15) is 24.2 Å². The second-order valence-electron chi connectivity index (χ2n) is 8.17. The maximum absolute atomic E-state index is 13.8. The average molecular weight is 409 g/mol. The van der Waals surface area contributed by atoms with E-state index in [0.29, 0.717) is 24.3 Å². The second-order valence-corrected chi connectivity index (χ2v) is 8.17. The van der Waals surface area contributed by atoms with Crippen molar-refractivity contribution in [2.24, 2.45) is 7.05 Å². The van der Waals surface area contributed by atoms with Crippen molar-refractivity contribution in [1.29, 1.82) is 0 Å². The van der Waals surface area contributed by atoms with Crippen LogP contribution in [0.15, 0.2) is 36.8 Å². The highest BCUT2D eigenvalue weighted by Crippen LogP contribution is 2.30. The lowest BCUT2D eigenvalue weighted by Gasteiger charge is -2.17. The van der Waals surface area contributed by atoms with E-state index in [-0.39, 0.29) is 18.4 Å². The minimum atomic E-state index is -1.52. The van der Waals surface area contributed by atoms with Crippen LogP contribution in [0.1, 0.15) is 41.2 Å². The molecule has 1 amide bonds. The van der Waals surface area contributed by atoms with Gasteiger partial charge in [0.05, 0.1) is 17.9 Å². The van der Waals surface area contributed by atoms with Crippen LogP contribution in [0.5, 0.6) is 5.88 Å². The van der Waals surface area contributed by atoms with Gasteiger partial charge in [0, 0.05) is 25.4 Å². The molecule has 0 saturated carbocycles. The molecule has 0 radical (unpaired) electrons. The number of nitrogens with zero attached hydrogens (tertiary/aromatic N) is 5. The van der Waals surface area contributed by atoms with E-state index in [1.807, 2.05) is 44.4 Å². The first-order valence-electron chi connectivity index (χ1n) is 9.76. The first-order valence-corrected chi connectivity index (χ1v) is 9.76. The molecule has 3 heterocycles. The zero-order chi connectivity index (χ0) is 21.5. The zero-order valence-corrected chi connectivity index (χ0v) is 17.5. The summed E-state index contributed by atoms with van der Waals surface area (Å²) in [5.41, 5.74) is 3.54. The number of carbonyl (C=O) groups excluding carboxylic acids is 1. The molecule has 2 aromatic heterocycles. The summed E-state index contributed by atoms with van der Waals surface area (Å²) >= 11 is 0. The van der Waals surface area contributed by atoms with E-state index in [1.165, 1.54) is 20.2 Å². The fourth-order valence-electron chi connectivity index (χ4n) is 3.52. The van der Waals surface area contributed by atoms with Crippen LogP contribution >= 0.6 is 0 Å². The zero-order valence-electron chi connectivity index (χ0n) is 17.5. The molecule has 0 unspecified atom stereocenters. The Morgan fingerprint density at radius 3 is 2.57 bits per heavy atom. The van der Waals surface area contributed by atoms with Gasteiger partial charge in [-0.2, -0.15) is 5.10 Å². The number of hydrogen-bond donors (Lipinski definition) is 0. The van der Waals surface area contributed by atoms with Gasteiger partial charge in [0.25, 0.3) is 5.91 Å². The van der Waals surface area contributed by atoms with Crippen LogP contribution in [0.3, 0.4) is 0 Å². The van der Waals surface area contributed by atoms with Crippen molar-refractivity contribution < 1.29 is 13.9 Å². The van der Waals surface area contributed by atoms with Gasteiger partial charge in [-0.05, 0) is 31.9 Å². The topological polar surface area (TPSA) is 73.1 Å². The normalized spacial score (nSPS) is 13.6. The minimum absolute atomic E-state index is 0.139. The Labute approximate surface area is 174 Å². The van der Waals surface area contributed by atoms with Gasteiger partial charge in [-0.15, -0.1) is 0 Å². The van der Waals surface area contributed by atoms with Crippen molar-refractivity contribution in [2.75, 3.05) is 6.61 Å². The number of aryl methyl sites for hydroxylation is 2. The highest BCUT2D eigenvalue weighted by molar-refractivity contribution is 5.99. The van der Waals surface area contributed by atoms with Gasteiger partial charge in [0.2, 0.25) is 5.88 Å². The fraction of sp³-hybridized carbons (Fsp3) is 0.364. The molecule has 30 heavy (non-hydrogen) atoms. The molecule has 0 aliphatic carbocycles. The minimum Gasteiger partial charge on any atom is -0.474 e. The molecule has 0 bridgehead atoms. The summed E-state index contributed by atoms with van der Waals surface area (Å²) in [5.74, 6) is -0.0647. The molecule has 0 spiro atoms. The molecule has 0 saturated heterocycles. The van der Waals surface area contributed by atoms with Gasteiger partial charge in [-0.1, -0.05) is 24.3 Å². The average Bonchev–Trinajstić information content (AvgIpc) is 3.19. The summed E-state index contributed by atoms with van der Waals surface area (Å²) in [6, 6.07) is 8.08. The molecule has 0 N–H and O–H groups in total. The first-order chi connectivity index (χ1) is 14.2. The smallest absolute Gasteiger partial charge is 0.261 e. The largest absolute Gasteiger partial charge is 0.474 e. The van der Waals surface area contributed by atoms with Gasteiger partial charge < -0.3 is 9.64 Å². The Morgan fingerprint density at radius 1 is 1.20 bits per heavy atom. The lowest BCUT2D eigenvalue weighted by molar-refractivity contribution is 0.0754. The van der Waals surface area contributed by atoms with Crippen molar-refractivity contribution in [1.82, 2.24) is 24.6 Å². The number of halogens is 1. The molecule has 3 aromatic rings. The molecule has 7 nitrogen and oxygen atoms in total. The molecule has 1 aliphatic heterocycles. The summed E-state index contributed by atoms with van der Waals surface area (Å²) in [6.45, 7) is 5.44. The van der Waals surface area contributed by atoms with Crippen LogP contribution in [-0.2, 0) is 20.1 Å². The van der Waals surface area contributed by atoms with E-state index in [2.05, 4.69) is 15.1 Å². The number of benzene rings is 1. The van der Waals surface area contributed by atoms with E-state index in [9.17, 15) is 9.18 Å². The number of ether oxygens (including phenoxy) is 1. The molecule has 1 aromatic carbocycles. The van der Waals surface area contributed by atoms with Crippen molar-refractivity contribution in [2.45, 2.75) is 39.5 Å². The van der Waals surface area contributed by atoms with Crippen molar-refractivity contribution >= 4 is 5.91 Å². The maximum Gasteiger partial charge on any atom is 0.261 e. The molecule has 8 heteroatoms. The lowest BCUT2D eigenvalue weighted by atomic mass is 10.0. The van der Waals surface area contributed by atoms with Crippen molar-refractivity contribution in [3.05, 3.63) is 59.3 Å². The SMILES string of the molecule is Cc1nn(C)cc1-c1ccc(CN2Cc3ncnc(OCC(C)(C)F)c3C2=O)cc1. The van der Waals surface area contributed by atoms with Gasteiger partial charge in [-0.3, -0.25) is 9.48 Å². The molecular formula is C22H24FN5O2. The molecule has 4 rings (SSSR count). The summed E-state index contributed by atoms with van der Waals surface area (Å²) < 4.78 is 21.1. The summed E-state index contributed by atoms with van der Waals surface area (Å²) in [7, 11) is 1.90. The number of fused-ring (bicyclic) bond motifs is 1. The van der Waals surface area contributed by atoms with Crippen LogP contribution in [-0.4, -0.2) is 42.8 Å². The Bertz CT molecular complexity index is 1090. The molecule has 1 aliphatic rings. The molecule has 0 fully saturated rings. The van der Waals surface area contributed by atoms with Crippen molar-refractivity contribution in [3.8, 4) is 17.0 Å². The van der Waals surface area contributed by atoms with Crippen LogP contribution in [0.4, 0.5) is 4.39 Å². The van der Waals surface area contributed by atoms with Crippen LogP contribution in [0, 0.1) is 6.92 Å². The third-order valence-corrected chi connectivity index (χ3v) is 4.94. The number of rotatable bonds is 6. The summed E-state index contributed by atoms with van der Waals surface area (Å²) in [4.78, 5) is 22.9. The van der Waals surface area contributed by atoms with E-state index < -0.39 is 5.67 Å². The molecule has 156 valence electrons. The maximum atomic E-state index is 13.8. The number of hydrogen-bond acceptors (Lipinski definition) is 5.